The highest BCUT2D eigenvalue weighted by molar-refractivity contribution is 7.98. The molecule has 0 spiro atoms. The maximum absolute atomic E-state index is 13.6. The molecule has 0 atom stereocenters. The van der Waals surface area contributed by atoms with Crippen LogP contribution in [0, 0.1) is 20.8 Å². The minimum absolute atomic E-state index is 0.143. The monoisotopic (exact) mass is 494 g/mol. The van der Waals surface area contributed by atoms with Crippen molar-refractivity contribution in [3.63, 3.8) is 0 Å². The van der Waals surface area contributed by atoms with Crippen molar-refractivity contribution < 1.29 is 4.42 Å². The smallest absolute Gasteiger partial charge is 0.336 e. The van der Waals surface area contributed by atoms with E-state index in [1.165, 1.54) is 17.8 Å². The van der Waals surface area contributed by atoms with Gasteiger partial charge in [0.05, 0.1) is 16.6 Å². The molecule has 0 aliphatic rings. The van der Waals surface area contributed by atoms with Gasteiger partial charge in [0, 0.05) is 17.2 Å². The lowest BCUT2D eigenvalue weighted by atomic mass is 10.1. The normalized spacial score (nSPS) is 11.6. The topological polar surface area (TPSA) is 82.4 Å². The van der Waals surface area contributed by atoms with Crippen LogP contribution in [0.3, 0.4) is 0 Å². The summed E-state index contributed by atoms with van der Waals surface area (Å²) < 4.78 is 8.95. The van der Waals surface area contributed by atoms with Crippen LogP contribution < -0.4 is 11.2 Å². The summed E-state index contributed by atoms with van der Waals surface area (Å²) in [6.45, 7) is 5.97. The molecule has 0 saturated carbocycles. The highest BCUT2D eigenvalue weighted by Crippen LogP contribution is 2.29. The van der Waals surface area contributed by atoms with E-state index in [1.807, 2.05) is 85.8 Å². The first-order chi connectivity index (χ1) is 17.4. The highest BCUT2D eigenvalue weighted by Gasteiger charge is 2.19. The van der Waals surface area contributed by atoms with Crippen molar-refractivity contribution in [3.05, 3.63) is 110 Å². The van der Waals surface area contributed by atoms with E-state index in [1.54, 1.807) is 4.57 Å². The number of benzene rings is 3. The fraction of sp³-hybridized carbons (Fsp3) is 0.143. The number of fused-ring (bicyclic) bond motifs is 4. The molecule has 3 heterocycles. The van der Waals surface area contributed by atoms with Gasteiger partial charge in [0.1, 0.15) is 5.58 Å². The van der Waals surface area contributed by atoms with Crippen LogP contribution in [0.5, 0.6) is 0 Å². The molecule has 0 saturated heterocycles. The Bertz CT molecular complexity index is 1930. The minimum atomic E-state index is -0.385. The van der Waals surface area contributed by atoms with Crippen molar-refractivity contribution in [3.8, 4) is 5.69 Å². The van der Waals surface area contributed by atoms with Crippen LogP contribution in [0.4, 0.5) is 0 Å². The molecule has 8 heteroatoms. The fourth-order valence-electron chi connectivity index (χ4n) is 4.64. The van der Waals surface area contributed by atoms with E-state index < -0.39 is 0 Å². The Balaban J connectivity index is 1.54. The fourth-order valence-corrected chi connectivity index (χ4v) is 5.58. The molecule has 0 N–H and O–H groups in total. The molecule has 7 nitrogen and oxygen atoms in total. The second-order valence-electron chi connectivity index (χ2n) is 8.94. The Labute approximate surface area is 210 Å². The Morgan fingerprint density at radius 3 is 2.47 bits per heavy atom. The average Bonchev–Trinajstić information content (AvgIpc) is 3.27. The molecule has 0 unspecified atom stereocenters. The van der Waals surface area contributed by atoms with Crippen LogP contribution in [0.2, 0.25) is 0 Å². The summed E-state index contributed by atoms with van der Waals surface area (Å²) >= 11 is 1.46. The van der Waals surface area contributed by atoms with Gasteiger partial charge in [-0.2, -0.15) is 0 Å². The van der Waals surface area contributed by atoms with E-state index >= 15 is 0 Å². The van der Waals surface area contributed by atoms with Crippen molar-refractivity contribution in [2.24, 2.45) is 0 Å². The Kier molecular flexibility index (Phi) is 5.26. The second-order valence-corrected chi connectivity index (χ2v) is 9.89. The third kappa shape index (κ3) is 3.61. The Morgan fingerprint density at radius 2 is 1.64 bits per heavy atom. The molecule has 0 bridgehead atoms. The quantitative estimate of drug-likeness (QED) is 0.242. The number of rotatable bonds is 4. The van der Waals surface area contributed by atoms with Crippen LogP contribution in [-0.2, 0) is 5.75 Å². The highest BCUT2D eigenvalue weighted by atomic mass is 32.2. The van der Waals surface area contributed by atoms with E-state index in [2.05, 4.69) is 10.2 Å². The molecule has 3 aromatic heterocycles. The van der Waals surface area contributed by atoms with E-state index in [4.69, 9.17) is 4.42 Å². The average molecular weight is 495 g/mol. The van der Waals surface area contributed by atoms with E-state index in [-0.39, 0.29) is 11.2 Å². The van der Waals surface area contributed by atoms with Gasteiger partial charge >= 0.3 is 5.63 Å². The van der Waals surface area contributed by atoms with Gasteiger partial charge in [0.2, 0.25) is 5.78 Å². The molecule has 0 aliphatic carbocycles. The lowest BCUT2D eigenvalue weighted by Gasteiger charge is -2.14. The van der Waals surface area contributed by atoms with Crippen LogP contribution in [0.15, 0.2) is 85.9 Å². The predicted molar refractivity (Wildman–Crippen MR) is 142 cm³/mol. The van der Waals surface area contributed by atoms with Gasteiger partial charge in [-0.1, -0.05) is 53.7 Å². The first-order valence-electron chi connectivity index (χ1n) is 11.5. The molecule has 0 radical (unpaired) electrons. The lowest BCUT2D eigenvalue weighted by Crippen LogP contribution is -2.22. The molecule has 6 aromatic rings. The van der Waals surface area contributed by atoms with Crippen LogP contribution >= 0.6 is 11.8 Å². The molecule has 178 valence electrons. The summed E-state index contributed by atoms with van der Waals surface area (Å²) in [6.07, 6.45) is 0. The van der Waals surface area contributed by atoms with Gasteiger partial charge in [-0.25, -0.2) is 9.36 Å². The van der Waals surface area contributed by atoms with E-state index in [9.17, 15) is 9.59 Å². The Hall–Kier alpha value is -4.17. The first-order valence-corrected chi connectivity index (χ1v) is 12.5. The summed E-state index contributed by atoms with van der Waals surface area (Å²) in [4.78, 5) is 25.8. The van der Waals surface area contributed by atoms with Crippen LogP contribution in [0.25, 0.3) is 33.3 Å². The molecule has 0 aliphatic heterocycles. The summed E-state index contributed by atoms with van der Waals surface area (Å²) in [7, 11) is 0. The summed E-state index contributed by atoms with van der Waals surface area (Å²) in [5.74, 6) is 0.935. The summed E-state index contributed by atoms with van der Waals surface area (Å²) in [5, 5.41) is 11.0. The first kappa shape index (κ1) is 22.3. The van der Waals surface area contributed by atoms with E-state index in [0.717, 1.165) is 38.8 Å². The van der Waals surface area contributed by atoms with Crippen molar-refractivity contribution >= 4 is 39.4 Å². The second kappa shape index (κ2) is 8.49. The van der Waals surface area contributed by atoms with Crippen molar-refractivity contribution in [2.45, 2.75) is 31.7 Å². The molecule has 36 heavy (non-hydrogen) atoms. The number of hydrogen-bond donors (Lipinski definition) is 0. The van der Waals surface area contributed by atoms with Crippen molar-refractivity contribution in [1.82, 2.24) is 19.2 Å². The zero-order valence-corrected chi connectivity index (χ0v) is 20.8. The standard InChI is InChI=1S/C28H22N4O3S/c1-16-9-11-22(18(3)12-16)31-26(34)21-6-4-5-7-23(21)32-27(31)29-30-28(32)36-15-19-14-25(33)35-24-13-17(2)8-10-20(19)24/h4-14H,15H2,1-3H3. The van der Waals surface area contributed by atoms with Gasteiger partial charge in [-0.15, -0.1) is 10.2 Å². The number of para-hydroxylation sites is 1. The minimum Gasteiger partial charge on any atom is -0.423 e. The number of hydrogen-bond acceptors (Lipinski definition) is 6. The summed E-state index contributed by atoms with van der Waals surface area (Å²) in [6, 6.07) is 20.8. The van der Waals surface area contributed by atoms with Crippen LogP contribution in [-0.4, -0.2) is 19.2 Å². The summed E-state index contributed by atoms with van der Waals surface area (Å²) in [5.41, 5.74) is 5.52. The lowest BCUT2D eigenvalue weighted by molar-refractivity contribution is 0.559. The van der Waals surface area contributed by atoms with Crippen LogP contribution in [0.1, 0.15) is 22.3 Å². The third-order valence-corrected chi connectivity index (χ3v) is 7.31. The maximum atomic E-state index is 13.6. The zero-order valence-electron chi connectivity index (χ0n) is 20.0. The molecular weight excluding hydrogens is 472 g/mol. The molecule has 0 fully saturated rings. The van der Waals surface area contributed by atoms with Crippen molar-refractivity contribution in [2.75, 3.05) is 0 Å². The largest absolute Gasteiger partial charge is 0.423 e. The number of thioether (sulfide) groups is 1. The number of aryl methyl sites for hydroxylation is 3. The SMILES string of the molecule is Cc1ccc(-n2c(=O)c3ccccc3n3c(SCc4cc(=O)oc5cc(C)ccc45)nnc23)c(C)c1. The van der Waals surface area contributed by atoms with Gasteiger partial charge in [-0.05, 0) is 61.7 Å². The molecular formula is C28H22N4O3S. The molecule has 3 aromatic carbocycles. The van der Waals surface area contributed by atoms with Crippen molar-refractivity contribution in [1.29, 1.82) is 0 Å². The van der Waals surface area contributed by atoms with Gasteiger partial charge in [0.15, 0.2) is 5.16 Å². The number of nitrogens with zero attached hydrogens (tertiary/aromatic N) is 4. The number of aromatic nitrogens is 4. The zero-order chi connectivity index (χ0) is 25.0. The van der Waals surface area contributed by atoms with Gasteiger partial charge < -0.3 is 4.42 Å². The molecule has 0 amide bonds. The third-order valence-electron chi connectivity index (χ3n) is 6.33. The van der Waals surface area contributed by atoms with Gasteiger partial charge in [-0.3, -0.25) is 9.20 Å². The predicted octanol–water partition coefficient (Wildman–Crippen LogP) is 5.36. The maximum Gasteiger partial charge on any atom is 0.336 e. The van der Waals surface area contributed by atoms with Gasteiger partial charge in [0.25, 0.3) is 5.56 Å². The molecule has 6 rings (SSSR count). The van der Waals surface area contributed by atoms with E-state index in [0.29, 0.717) is 27.7 Å². The Morgan fingerprint density at radius 1 is 0.861 bits per heavy atom.